The van der Waals surface area contributed by atoms with Gasteiger partial charge in [-0.2, -0.15) is 13.4 Å². The smallest absolute Gasteiger partial charge is 0.280 e. The Morgan fingerprint density at radius 3 is 2.27 bits per heavy atom. The third-order valence-electron chi connectivity index (χ3n) is 5.57. The van der Waals surface area contributed by atoms with Crippen molar-refractivity contribution in [2.75, 3.05) is 28.0 Å². The van der Waals surface area contributed by atoms with Gasteiger partial charge in [-0.3, -0.25) is 4.72 Å². The zero-order chi connectivity index (χ0) is 23.6. The number of nitrogens with one attached hydrogen (secondary N) is 2. The molecule has 0 spiro atoms. The lowest BCUT2D eigenvalue weighted by Gasteiger charge is -2.27. The molecule has 1 aromatic carbocycles. The van der Waals surface area contributed by atoms with Gasteiger partial charge in [-0.25, -0.2) is 9.97 Å². The highest BCUT2D eigenvalue weighted by atomic mass is 32.2. The second-order valence-corrected chi connectivity index (χ2v) is 10.4. The Balaban J connectivity index is 1.46. The van der Waals surface area contributed by atoms with Crippen molar-refractivity contribution in [3.8, 4) is 0 Å². The summed E-state index contributed by atoms with van der Waals surface area (Å²) in [7, 11) is -1.97. The van der Waals surface area contributed by atoms with E-state index in [0.29, 0.717) is 11.5 Å². The molecule has 10 heteroatoms. The second-order valence-electron chi connectivity index (χ2n) is 8.75. The molecule has 1 saturated heterocycles. The summed E-state index contributed by atoms with van der Waals surface area (Å²) < 4.78 is 29.9. The maximum absolute atomic E-state index is 12.8. The van der Waals surface area contributed by atoms with Gasteiger partial charge in [0.15, 0.2) is 5.03 Å². The highest BCUT2D eigenvalue weighted by Gasteiger charge is 2.21. The number of sulfonamides is 1. The summed E-state index contributed by atoms with van der Waals surface area (Å²) in [5.74, 6) is 2.31. The van der Waals surface area contributed by atoms with Crippen molar-refractivity contribution in [3.63, 3.8) is 0 Å². The summed E-state index contributed by atoms with van der Waals surface area (Å²) >= 11 is 0. The van der Waals surface area contributed by atoms with Crippen LogP contribution < -0.4 is 14.9 Å². The van der Waals surface area contributed by atoms with Crippen LogP contribution in [0.4, 0.5) is 23.1 Å². The molecule has 9 nitrogen and oxygen atoms in total. The van der Waals surface area contributed by atoms with Gasteiger partial charge in [0.05, 0.1) is 0 Å². The highest BCUT2D eigenvalue weighted by Crippen LogP contribution is 2.24. The van der Waals surface area contributed by atoms with Gasteiger partial charge in [0, 0.05) is 55.4 Å². The van der Waals surface area contributed by atoms with Gasteiger partial charge in [0.1, 0.15) is 11.6 Å². The minimum Gasteiger partial charge on any atom is -0.341 e. The Hall–Kier alpha value is -3.14. The number of benzene rings is 1. The third-order valence-corrected chi connectivity index (χ3v) is 6.82. The summed E-state index contributed by atoms with van der Waals surface area (Å²) in [6.45, 7) is 7.87. The van der Waals surface area contributed by atoms with Crippen molar-refractivity contribution >= 4 is 33.2 Å². The first-order valence-electron chi connectivity index (χ1n) is 11.2. The normalized spacial score (nSPS) is 14.5. The van der Waals surface area contributed by atoms with Crippen LogP contribution in [0.25, 0.3) is 0 Å². The van der Waals surface area contributed by atoms with E-state index >= 15 is 0 Å². The molecule has 0 saturated carbocycles. The molecule has 3 aromatic rings. The predicted molar refractivity (Wildman–Crippen MR) is 131 cm³/mol. The third kappa shape index (κ3) is 5.44. The van der Waals surface area contributed by atoms with Gasteiger partial charge >= 0.3 is 0 Å². The molecule has 2 N–H and O–H groups in total. The minimum absolute atomic E-state index is 0.0117. The van der Waals surface area contributed by atoms with E-state index in [0.717, 1.165) is 49.1 Å². The van der Waals surface area contributed by atoms with Gasteiger partial charge in [0.25, 0.3) is 10.0 Å². The fraction of sp³-hybridized carbons (Fsp3) is 0.435. The lowest BCUT2D eigenvalue weighted by atomic mass is 10.1. The summed E-state index contributed by atoms with van der Waals surface area (Å²) in [6.07, 6.45) is 5.11. The Labute approximate surface area is 195 Å². The van der Waals surface area contributed by atoms with Gasteiger partial charge < -0.3 is 14.8 Å². The fourth-order valence-electron chi connectivity index (χ4n) is 3.95. The number of nitrogens with zero attached hydrogens (tertiary/aromatic N) is 5. The zero-order valence-electron chi connectivity index (χ0n) is 19.5. The van der Waals surface area contributed by atoms with Crippen molar-refractivity contribution in [1.82, 2.24) is 19.5 Å². The Morgan fingerprint density at radius 1 is 0.970 bits per heavy atom. The fourth-order valence-corrected chi connectivity index (χ4v) is 5.01. The number of imidazole rings is 1. The lowest BCUT2D eigenvalue weighted by molar-refractivity contribution is 0.568. The van der Waals surface area contributed by atoms with E-state index in [1.165, 1.54) is 12.6 Å². The zero-order valence-corrected chi connectivity index (χ0v) is 20.4. The van der Waals surface area contributed by atoms with Crippen LogP contribution in [0.2, 0.25) is 0 Å². The molecular weight excluding hydrogens is 438 g/mol. The molecule has 0 amide bonds. The number of hydrogen-bond donors (Lipinski definition) is 2. The van der Waals surface area contributed by atoms with E-state index in [1.807, 2.05) is 39.0 Å². The standard InChI is InChI=1S/C23H31N7O2S/c1-16(2)22-27-21(15-29(22)4)33(31,32)28-19-10-8-18(9-11-19)25-20-14-17(3)24-23(26-20)30-12-6-5-7-13-30/h8-11,14-16,28H,5-7,12-13H2,1-4H3,(H,24,25,26). The summed E-state index contributed by atoms with van der Waals surface area (Å²) in [6, 6.07) is 8.96. The molecule has 0 aliphatic carbocycles. The number of hydrogen-bond acceptors (Lipinski definition) is 7. The van der Waals surface area contributed by atoms with E-state index in [-0.39, 0.29) is 10.9 Å². The molecule has 3 heterocycles. The van der Waals surface area contributed by atoms with E-state index in [4.69, 9.17) is 0 Å². The SMILES string of the molecule is Cc1cc(Nc2ccc(NS(=O)(=O)c3cn(C)c(C(C)C)n3)cc2)nc(N2CCCCC2)n1. The first-order valence-corrected chi connectivity index (χ1v) is 12.7. The van der Waals surface area contributed by atoms with Crippen LogP contribution >= 0.6 is 0 Å². The monoisotopic (exact) mass is 469 g/mol. The predicted octanol–water partition coefficient (Wildman–Crippen LogP) is 4.18. The van der Waals surface area contributed by atoms with E-state index < -0.39 is 10.0 Å². The molecular formula is C23H31N7O2S. The molecule has 176 valence electrons. The van der Waals surface area contributed by atoms with Gasteiger partial charge in [-0.05, 0) is 50.5 Å². The number of aromatic nitrogens is 4. The molecule has 4 rings (SSSR count). The molecule has 33 heavy (non-hydrogen) atoms. The van der Waals surface area contributed by atoms with Crippen molar-refractivity contribution in [2.24, 2.45) is 7.05 Å². The van der Waals surface area contributed by atoms with Crippen LogP contribution in [0.5, 0.6) is 0 Å². The average molecular weight is 470 g/mol. The molecule has 1 fully saturated rings. The number of piperidine rings is 1. The topological polar surface area (TPSA) is 105 Å². The lowest BCUT2D eigenvalue weighted by Crippen LogP contribution is -2.31. The first kappa shape index (κ1) is 23.0. The van der Waals surface area contributed by atoms with Crippen LogP contribution in [-0.2, 0) is 17.1 Å². The molecule has 0 bridgehead atoms. The second kappa shape index (κ2) is 9.38. The quantitative estimate of drug-likeness (QED) is 0.535. The van der Waals surface area contributed by atoms with Crippen molar-refractivity contribution in [3.05, 3.63) is 48.0 Å². The maximum Gasteiger partial charge on any atom is 0.280 e. The highest BCUT2D eigenvalue weighted by molar-refractivity contribution is 7.92. The number of aryl methyl sites for hydroxylation is 2. The van der Waals surface area contributed by atoms with E-state index in [1.54, 1.807) is 23.7 Å². The van der Waals surface area contributed by atoms with Crippen molar-refractivity contribution in [2.45, 2.75) is 51.0 Å². The van der Waals surface area contributed by atoms with Crippen molar-refractivity contribution in [1.29, 1.82) is 0 Å². The molecule has 2 aromatic heterocycles. The van der Waals surface area contributed by atoms with E-state index in [9.17, 15) is 8.42 Å². The summed E-state index contributed by atoms with van der Waals surface area (Å²) in [5, 5.41) is 3.31. The number of rotatable bonds is 7. The van der Waals surface area contributed by atoms with Gasteiger partial charge in [0.2, 0.25) is 5.95 Å². The Kier molecular flexibility index (Phi) is 6.55. The van der Waals surface area contributed by atoms with Crippen LogP contribution in [0.1, 0.15) is 50.5 Å². The van der Waals surface area contributed by atoms with Gasteiger partial charge in [-0.1, -0.05) is 13.8 Å². The van der Waals surface area contributed by atoms with Crippen LogP contribution in [0.15, 0.2) is 41.6 Å². The first-order chi connectivity index (χ1) is 15.7. The molecule has 0 atom stereocenters. The van der Waals surface area contributed by atoms with Crippen LogP contribution in [-0.4, -0.2) is 41.0 Å². The average Bonchev–Trinajstić information content (AvgIpc) is 3.18. The summed E-state index contributed by atoms with van der Waals surface area (Å²) in [4.78, 5) is 15.8. The van der Waals surface area contributed by atoms with Crippen LogP contribution in [0.3, 0.4) is 0 Å². The molecule has 0 unspecified atom stereocenters. The van der Waals surface area contributed by atoms with Crippen LogP contribution in [0, 0.1) is 6.92 Å². The summed E-state index contributed by atoms with van der Waals surface area (Å²) in [5.41, 5.74) is 2.17. The largest absolute Gasteiger partial charge is 0.341 e. The Morgan fingerprint density at radius 2 is 1.64 bits per heavy atom. The molecule has 0 radical (unpaired) electrons. The van der Waals surface area contributed by atoms with Gasteiger partial charge in [-0.15, -0.1) is 0 Å². The van der Waals surface area contributed by atoms with Crippen molar-refractivity contribution < 1.29 is 8.42 Å². The number of anilines is 4. The Bertz CT molecular complexity index is 1210. The maximum atomic E-state index is 12.8. The van der Waals surface area contributed by atoms with E-state index in [2.05, 4.69) is 29.9 Å². The minimum atomic E-state index is -3.77. The molecule has 1 aliphatic heterocycles. The molecule has 1 aliphatic rings.